The predicted molar refractivity (Wildman–Crippen MR) is 92.5 cm³/mol. The van der Waals surface area contributed by atoms with Crippen molar-refractivity contribution in [1.82, 2.24) is 10.6 Å². The molecule has 3 atom stereocenters. The average molecular weight is 346 g/mol. The van der Waals surface area contributed by atoms with Crippen LogP contribution in [-0.2, 0) is 11.2 Å². The number of rotatable bonds is 6. The van der Waals surface area contributed by atoms with E-state index in [1.54, 1.807) is 7.11 Å². The second kappa shape index (κ2) is 6.50. The lowest BCUT2D eigenvalue weighted by molar-refractivity contribution is -0.102. The van der Waals surface area contributed by atoms with Gasteiger partial charge in [0.05, 0.1) is 13.2 Å². The SMILES string of the molecule is COc1ccc(C[C@H]2NC[C@H](O)[C@H]2OC(=O)NCC23CC(C2)C3)cc1. The summed E-state index contributed by atoms with van der Waals surface area (Å²) in [6.07, 6.45) is 2.77. The van der Waals surface area contributed by atoms with E-state index in [2.05, 4.69) is 10.6 Å². The molecule has 136 valence electrons. The highest BCUT2D eigenvalue weighted by atomic mass is 16.6. The van der Waals surface area contributed by atoms with E-state index in [1.165, 1.54) is 19.3 Å². The average Bonchev–Trinajstić information content (AvgIpc) is 2.86. The quantitative estimate of drug-likeness (QED) is 0.727. The van der Waals surface area contributed by atoms with Crippen LogP contribution in [0, 0.1) is 11.3 Å². The third-order valence-corrected chi connectivity index (χ3v) is 6.00. The van der Waals surface area contributed by atoms with Crippen molar-refractivity contribution in [2.24, 2.45) is 11.3 Å². The van der Waals surface area contributed by atoms with Crippen molar-refractivity contribution in [3.05, 3.63) is 29.8 Å². The van der Waals surface area contributed by atoms with E-state index < -0.39 is 18.3 Å². The smallest absolute Gasteiger partial charge is 0.407 e. The van der Waals surface area contributed by atoms with Gasteiger partial charge in [-0.15, -0.1) is 0 Å². The Balaban J connectivity index is 1.30. The van der Waals surface area contributed by atoms with Crippen molar-refractivity contribution in [3.63, 3.8) is 0 Å². The molecule has 3 aliphatic carbocycles. The molecule has 5 rings (SSSR count). The second-order valence-corrected chi connectivity index (χ2v) is 7.84. The van der Waals surface area contributed by atoms with Gasteiger partial charge in [-0.3, -0.25) is 0 Å². The Kier molecular flexibility index (Phi) is 4.33. The number of β-amino-alcohol motifs (C(OH)–C–C–N with tert-alkyl or cyclic N) is 1. The van der Waals surface area contributed by atoms with Crippen LogP contribution in [0.5, 0.6) is 5.75 Å². The number of hydrogen-bond acceptors (Lipinski definition) is 5. The molecule has 3 saturated carbocycles. The maximum Gasteiger partial charge on any atom is 0.407 e. The molecule has 1 saturated heterocycles. The van der Waals surface area contributed by atoms with Crippen LogP contribution in [0.4, 0.5) is 4.79 Å². The number of methoxy groups -OCH3 is 1. The highest BCUT2D eigenvalue weighted by Crippen LogP contribution is 2.63. The fraction of sp³-hybridized carbons (Fsp3) is 0.632. The first-order chi connectivity index (χ1) is 12.1. The van der Waals surface area contributed by atoms with Crippen LogP contribution in [-0.4, -0.2) is 49.6 Å². The van der Waals surface area contributed by atoms with Crippen molar-refractivity contribution in [2.75, 3.05) is 20.2 Å². The van der Waals surface area contributed by atoms with Gasteiger partial charge in [0.1, 0.15) is 18.0 Å². The summed E-state index contributed by atoms with van der Waals surface area (Å²) in [5.74, 6) is 1.71. The van der Waals surface area contributed by atoms with Crippen molar-refractivity contribution in [3.8, 4) is 5.75 Å². The van der Waals surface area contributed by atoms with Crippen LogP contribution in [0.15, 0.2) is 24.3 Å². The first kappa shape index (κ1) is 16.7. The fourth-order valence-corrected chi connectivity index (χ4v) is 4.44. The molecular weight excluding hydrogens is 320 g/mol. The van der Waals surface area contributed by atoms with E-state index in [-0.39, 0.29) is 6.04 Å². The van der Waals surface area contributed by atoms with E-state index >= 15 is 0 Å². The molecule has 1 amide bonds. The van der Waals surface area contributed by atoms with Gasteiger partial charge in [-0.1, -0.05) is 12.1 Å². The highest BCUT2D eigenvalue weighted by Gasteiger charge is 2.56. The number of hydrogen-bond donors (Lipinski definition) is 3. The number of ether oxygens (including phenoxy) is 2. The molecule has 1 heterocycles. The zero-order chi connectivity index (χ0) is 17.4. The van der Waals surface area contributed by atoms with Crippen LogP contribution < -0.4 is 15.4 Å². The molecule has 3 N–H and O–H groups in total. The van der Waals surface area contributed by atoms with E-state index in [1.807, 2.05) is 24.3 Å². The van der Waals surface area contributed by atoms with E-state index in [0.29, 0.717) is 24.9 Å². The Hall–Kier alpha value is -1.79. The van der Waals surface area contributed by atoms with Gasteiger partial charge in [0.25, 0.3) is 0 Å². The molecule has 6 heteroatoms. The normalized spacial score (nSPS) is 35.4. The molecule has 4 aliphatic rings. The lowest BCUT2D eigenvalue weighted by Crippen LogP contribution is -2.57. The maximum atomic E-state index is 12.1. The van der Waals surface area contributed by atoms with Gasteiger partial charge in [0, 0.05) is 13.1 Å². The number of nitrogens with one attached hydrogen (secondary N) is 2. The summed E-state index contributed by atoms with van der Waals surface area (Å²) in [5, 5.41) is 16.3. The molecule has 25 heavy (non-hydrogen) atoms. The molecule has 1 aromatic carbocycles. The van der Waals surface area contributed by atoms with Gasteiger partial charge in [-0.2, -0.15) is 0 Å². The Labute approximate surface area is 147 Å². The summed E-state index contributed by atoms with van der Waals surface area (Å²) < 4.78 is 10.7. The summed E-state index contributed by atoms with van der Waals surface area (Å²) >= 11 is 0. The molecule has 0 unspecified atom stereocenters. The molecule has 2 bridgehead atoms. The number of carbonyl (C=O) groups is 1. The Morgan fingerprint density at radius 1 is 1.32 bits per heavy atom. The van der Waals surface area contributed by atoms with Gasteiger partial charge in [0.15, 0.2) is 0 Å². The topological polar surface area (TPSA) is 79.8 Å². The van der Waals surface area contributed by atoms with Crippen LogP contribution >= 0.6 is 0 Å². The first-order valence-electron chi connectivity index (χ1n) is 9.06. The van der Waals surface area contributed by atoms with Crippen molar-refractivity contribution >= 4 is 6.09 Å². The van der Waals surface area contributed by atoms with Crippen LogP contribution in [0.2, 0.25) is 0 Å². The molecule has 1 aromatic rings. The van der Waals surface area contributed by atoms with Crippen LogP contribution in [0.25, 0.3) is 0 Å². The van der Waals surface area contributed by atoms with Gasteiger partial charge in [-0.05, 0) is 54.7 Å². The number of amides is 1. The monoisotopic (exact) mass is 346 g/mol. The van der Waals surface area contributed by atoms with Gasteiger partial charge >= 0.3 is 6.09 Å². The van der Waals surface area contributed by atoms with Crippen LogP contribution in [0.3, 0.4) is 0 Å². The molecule has 6 nitrogen and oxygen atoms in total. The summed E-state index contributed by atoms with van der Waals surface area (Å²) in [7, 11) is 1.64. The molecule has 1 aliphatic heterocycles. The zero-order valence-electron chi connectivity index (χ0n) is 14.5. The Morgan fingerprint density at radius 2 is 2.04 bits per heavy atom. The van der Waals surface area contributed by atoms with E-state index in [9.17, 15) is 9.90 Å². The van der Waals surface area contributed by atoms with Crippen molar-refractivity contribution in [1.29, 1.82) is 0 Å². The number of carbonyl (C=O) groups excluding carboxylic acids is 1. The third-order valence-electron chi connectivity index (χ3n) is 6.00. The minimum atomic E-state index is -0.677. The summed E-state index contributed by atoms with van der Waals surface area (Å²) in [5.41, 5.74) is 1.45. The summed E-state index contributed by atoms with van der Waals surface area (Å²) in [6.45, 7) is 1.13. The third kappa shape index (κ3) is 3.33. The Morgan fingerprint density at radius 3 is 2.64 bits per heavy atom. The van der Waals surface area contributed by atoms with Gasteiger partial charge < -0.3 is 25.2 Å². The second-order valence-electron chi connectivity index (χ2n) is 7.84. The number of aliphatic hydroxyl groups is 1. The standard InChI is InChI=1S/C19H26N2O4/c1-24-14-4-2-12(3-5-14)6-15-17(16(22)10-20-15)25-18(23)21-11-19-7-13(8-19)9-19/h2-5,13,15-17,20,22H,6-11H2,1H3,(H,21,23)/t13?,15-,16+,17+,19?/m1/s1. The predicted octanol–water partition coefficient (Wildman–Crippen LogP) is 1.47. The zero-order valence-corrected chi connectivity index (χ0v) is 14.5. The molecule has 0 aromatic heterocycles. The van der Waals surface area contributed by atoms with E-state index in [4.69, 9.17) is 9.47 Å². The lowest BCUT2D eigenvalue weighted by Gasteiger charge is -2.61. The maximum absolute atomic E-state index is 12.1. The summed E-state index contributed by atoms with van der Waals surface area (Å²) in [4.78, 5) is 12.1. The Bertz CT molecular complexity index is 616. The molecular formula is C19H26N2O4. The molecule has 4 fully saturated rings. The van der Waals surface area contributed by atoms with E-state index in [0.717, 1.165) is 17.2 Å². The summed E-state index contributed by atoms with van der Waals surface area (Å²) in [6, 6.07) is 7.71. The molecule has 0 radical (unpaired) electrons. The van der Waals surface area contributed by atoms with Gasteiger partial charge in [0.2, 0.25) is 0 Å². The largest absolute Gasteiger partial charge is 0.497 e. The van der Waals surface area contributed by atoms with Crippen molar-refractivity contribution < 1.29 is 19.4 Å². The molecule has 0 spiro atoms. The van der Waals surface area contributed by atoms with Gasteiger partial charge in [-0.25, -0.2) is 4.79 Å². The lowest BCUT2D eigenvalue weighted by atomic mass is 9.44. The van der Waals surface area contributed by atoms with Crippen LogP contribution in [0.1, 0.15) is 24.8 Å². The minimum Gasteiger partial charge on any atom is -0.497 e. The number of aliphatic hydroxyl groups excluding tert-OH is 1. The fourth-order valence-electron chi connectivity index (χ4n) is 4.44. The first-order valence-corrected chi connectivity index (χ1v) is 9.06. The number of benzene rings is 1. The highest BCUT2D eigenvalue weighted by molar-refractivity contribution is 5.67. The number of alkyl carbamates (subject to hydrolysis) is 1. The minimum absolute atomic E-state index is 0.0934. The van der Waals surface area contributed by atoms with Crippen molar-refractivity contribution in [2.45, 2.75) is 43.9 Å².